The van der Waals surface area contributed by atoms with Crippen LogP contribution >= 0.6 is 0 Å². The summed E-state index contributed by atoms with van der Waals surface area (Å²) < 4.78 is 2.31. The molecular weight excluding hydrogens is 206 g/mol. The van der Waals surface area contributed by atoms with Crippen molar-refractivity contribution in [2.45, 2.75) is 45.1 Å². The zero-order chi connectivity index (χ0) is 11.8. The molecule has 0 amide bonds. The first-order valence-corrected chi connectivity index (χ1v) is 6.93. The van der Waals surface area contributed by atoms with Crippen molar-refractivity contribution < 1.29 is 4.58 Å². The Hall–Kier alpha value is -1.11. The van der Waals surface area contributed by atoms with E-state index in [1.807, 2.05) is 0 Å². The van der Waals surface area contributed by atoms with Gasteiger partial charge in [0.1, 0.15) is 13.3 Å². The summed E-state index contributed by atoms with van der Waals surface area (Å²) in [5.41, 5.74) is 4.80. The molecule has 1 saturated heterocycles. The zero-order valence-electron chi connectivity index (χ0n) is 10.8. The fraction of sp³-hybridized carbons (Fsp3) is 0.562. The van der Waals surface area contributed by atoms with Gasteiger partial charge < -0.3 is 0 Å². The van der Waals surface area contributed by atoms with Crippen molar-refractivity contribution in [2.75, 3.05) is 6.54 Å². The lowest BCUT2D eigenvalue weighted by atomic mass is 9.91. The van der Waals surface area contributed by atoms with Crippen LogP contribution < -0.4 is 0 Å². The summed E-state index contributed by atoms with van der Waals surface area (Å²) in [4.78, 5) is 0. The third-order valence-electron chi connectivity index (χ3n) is 4.40. The maximum absolute atomic E-state index is 4.23. The molecule has 90 valence electrons. The summed E-state index contributed by atoms with van der Waals surface area (Å²) in [6, 6.07) is 7.47. The van der Waals surface area contributed by atoms with Gasteiger partial charge in [0, 0.05) is 18.4 Å². The van der Waals surface area contributed by atoms with Gasteiger partial charge in [0.05, 0.1) is 0 Å². The van der Waals surface area contributed by atoms with Crippen molar-refractivity contribution in [2.24, 2.45) is 5.92 Å². The smallest absolute Gasteiger partial charge is 0.177 e. The van der Waals surface area contributed by atoms with Crippen molar-refractivity contribution in [3.8, 4) is 0 Å². The van der Waals surface area contributed by atoms with Gasteiger partial charge in [0.15, 0.2) is 6.04 Å². The second-order valence-electron chi connectivity index (χ2n) is 5.82. The van der Waals surface area contributed by atoms with Gasteiger partial charge in [-0.15, -0.1) is 0 Å². The zero-order valence-corrected chi connectivity index (χ0v) is 10.8. The molecule has 17 heavy (non-hydrogen) atoms. The lowest BCUT2D eigenvalue weighted by Crippen LogP contribution is -2.24. The van der Waals surface area contributed by atoms with Gasteiger partial charge in [-0.1, -0.05) is 25.1 Å². The van der Waals surface area contributed by atoms with Crippen LogP contribution in [0, 0.1) is 5.92 Å². The normalized spacial score (nSPS) is 28.2. The number of benzene rings is 1. The third kappa shape index (κ3) is 1.92. The predicted molar refractivity (Wildman–Crippen MR) is 71.9 cm³/mol. The molecule has 1 aromatic rings. The quantitative estimate of drug-likeness (QED) is 0.648. The first kappa shape index (κ1) is 11.0. The minimum atomic E-state index is 0.573. The largest absolute Gasteiger partial charge is 0.235 e. The van der Waals surface area contributed by atoms with E-state index in [0.29, 0.717) is 6.04 Å². The molecule has 2 aliphatic rings. The minimum absolute atomic E-state index is 0.573. The summed E-state index contributed by atoms with van der Waals surface area (Å²) >= 11 is 0. The van der Waals surface area contributed by atoms with E-state index in [1.54, 1.807) is 16.7 Å². The molecule has 0 aromatic heterocycles. The standard InChI is InChI=1S/C16H22N/c1-12-10-13-6-5-7-14(15(13)11-12)16-8-3-4-9-17(16)2/h5-7,12,16H,2-4,8-11H2,1H3/q+1. The minimum Gasteiger partial charge on any atom is -0.235 e. The van der Waals surface area contributed by atoms with Crippen LogP contribution in [0.15, 0.2) is 18.2 Å². The lowest BCUT2D eigenvalue weighted by molar-refractivity contribution is -0.575. The van der Waals surface area contributed by atoms with E-state index < -0.39 is 0 Å². The van der Waals surface area contributed by atoms with E-state index in [9.17, 15) is 0 Å². The van der Waals surface area contributed by atoms with Crippen LogP contribution in [0.2, 0.25) is 0 Å². The topological polar surface area (TPSA) is 3.01 Å². The second kappa shape index (κ2) is 4.29. The Morgan fingerprint density at radius 3 is 2.94 bits per heavy atom. The molecule has 0 bridgehead atoms. The van der Waals surface area contributed by atoms with E-state index in [1.165, 1.54) is 32.1 Å². The molecule has 1 heterocycles. The van der Waals surface area contributed by atoms with Gasteiger partial charge in [-0.2, -0.15) is 0 Å². The average Bonchev–Trinajstić information content (AvgIpc) is 2.70. The van der Waals surface area contributed by atoms with Gasteiger partial charge in [-0.05, 0) is 36.3 Å². The van der Waals surface area contributed by atoms with Crippen LogP contribution in [0.1, 0.15) is 48.9 Å². The Kier molecular flexibility index (Phi) is 2.78. The Labute approximate surface area is 104 Å². The molecule has 0 spiro atoms. The SMILES string of the molecule is C=[N+]1CCCCC1c1cccc2c1CC(C)C2. The molecule has 1 aliphatic heterocycles. The fourth-order valence-corrected chi connectivity index (χ4v) is 3.55. The molecule has 1 nitrogen and oxygen atoms in total. The molecule has 3 rings (SSSR count). The van der Waals surface area contributed by atoms with E-state index in [-0.39, 0.29) is 0 Å². The third-order valence-corrected chi connectivity index (χ3v) is 4.40. The highest BCUT2D eigenvalue weighted by molar-refractivity contribution is 5.40. The van der Waals surface area contributed by atoms with Crippen molar-refractivity contribution in [3.63, 3.8) is 0 Å². The fourth-order valence-electron chi connectivity index (χ4n) is 3.55. The van der Waals surface area contributed by atoms with Crippen molar-refractivity contribution in [1.29, 1.82) is 0 Å². The number of fused-ring (bicyclic) bond motifs is 1. The Morgan fingerprint density at radius 1 is 1.24 bits per heavy atom. The first-order valence-electron chi connectivity index (χ1n) is 6.93. The molecule has 0 saturated carbocycles. The maximum atomic E-state index is 4.23. The van der Waals surface area contributed by atoms with Gasteiger partial charge in [-0.3, -0.25) is 0 Å². The average molecular weight is 228 g/mol. The van der Waals surface area contributed by atoms with Crippen molar-refractivity contribution >= 4 is 6.72 Å². The summed E-state index contributed by atoms with van der Waals surface area (Å²) in [5.74, 6) is 0.827. The van der Waals surface area contributed by atoms with Crippen LogP contribution in [0.5, 0.6) is 0 Å². The summed E-state index contributed by atoms with van der Waals surface area (Å²) in [6.07, 6.45) is 6.50. The molecule has 2 atom stereocenters. The van der Waals surface area contributed by atoms with Crippen LogP contribution in [0.25, 0.3) is 0 Å². The highest BCUT2D eigenvalue weighted by atomic mass is 15.0. The predicted octanol–water partition coefficient (Wildman–Crippen LogP) is 3.36. The van der Waals surface area contributed by atoms with Gasteiger partial charge >= 0.3 is 0 Å². The Morgan fingerprint density at radius 2 is 2.12 bits per heavy atom. The van der Waals surface area contributed by atoms with Gasteiger partial charge in [0.2, 0.25) is 0 Å². The van der Waals surface area contributed by atoms with Gasteiger partial charge in [-0.25, -0.2) is 4.58 Å². The van der Waals surface area contributed by atoms with E-state index in [0.717, 1.165) is 12.5 Å². The highest BCUT2D eigenvalue weighted by Gasteiger charge is 2.30. The maximum Gasteiger partial charge on any atom is 0.177 e. The van der Waals surface area contributed by atoms with E-state index in [4.69, 9.17) is 0 Å². The molecule has 0 N–H and O–H groups in total. The van der Waals surface area contributed by atoms with Crippen molar-refractivity contribution in [1.82, 2.24) is 0 Å². The monoisotopic (exact) mass is 228 g/mol. The molecule has 2 unspecified atom stereocenters. The number of piperidine rings is 1. The first-order chi connectivity index (χ1) is 8.25. The van der Waals surface area contributed by atoms with Gasteiger partial charge in [0.25, 0.3) is 0 Å². The molecular formula is C16H22N+. The number of hydrogen-bond donors (Lipinski definition) is 0. The van der Waals surface area contributed by atoms with E-state index in [2.05, 4.69) is 36.4 Å². The van der Waals surface area contributed by atoms with Crippen LogP contribution in [0.4, 0.5) is 0 Å². The summed E-state index contributed by atoms with van der Waals surface area (Å²) in [5, 5.41) is 0. The Balaban J connectivity index is 1.98. The van der Waals surface area contributed by atoms with Crippen LogP contribution in [-0.4, -0.2) is 17.8 Å². The number of nitrogens with zero attached hydrogens (tertiary/aromatic N) is 1. The Bertz CT molecular complexity index is 447. The molecule has 1 heteroatoms. The molecule has 0 radical (unpaired) electrons. The van der Waals surface area contributed by atoms with E-state index >= 15 is 0 Å². The summed E-state index contributed by atoms with van der Waals surface area (Å²) in [7, 11) is 0. The number of hydrogen-bond acceptors (Lipinski definition) is 0. The van der Waals surface area contributed by atoms with Crippen LogP contribution in [-0.2, 0) is 12.8 Å². The van der Waals surface area contributed by atoms with Crippen molar-refractivity contribution in [3.05, 3.63) is 34.9 Å². The summed E-state index contributed by atoms with van der Waals surface area (Å²) in [6.45, 7) is 7.76. The van der Waals surface area contributed by atoms with Crippen LogP contribution in [0.3, 0.4) is 0 Å². The molecule has 1 aliphatic carbocycles. The lowest BCUT2D eigenvalue weighted by Gasteiger charge is -2.22. The number of rotatable bonds is 1. The highest BCUT2D eigenvalue weighted by Crippen LogP contribution is 2.36. The molecule has 1 fully saturated rings. The molecule has 1 aromatic carbocycles. The second-order valence-corrected chi connectivity index (χ2v) is 5.82.